The van der Waals surface area contributed by atoms with Crippen molar-refractivity contribution < 1.29 is 14.0 Å². The Kier molecular flexibility index (Phi) is 6.58. The molecule has 0 atom stereocenters. The van der Waals surface area contributed by atoms with Gasteiger partial charge in [0.1, 0.15) is 11.5 Å². The van der Waals surface area contributed by atoms with Crippen molar-refractivity contribution in [1.82, 2.24) is 24.7 Å². The number of aryl methyl sites for hydroxylation is 1. The Hall–Kier alpha value is -3.82. The van der Waals surface area contributed by atoms with Gasteiger partial charge in [0.15, 0.2) is 0 Å². The van der Waals surface area contributed by atoms with E-state index in [1.165, 1.54) is 17.0 Å². The van der Waals surface area contributed by atoms with Crippen LogP contribution in [0.2, 0.25) is 0 Å². The van der Waals surface area contributed by atoms with E-state index in [9.17, 15) is 18.8 Å². The number of anilines is 1. The highest BCUT2D eigenvalue weighted by Gasteiger charge is 2.29. The first-order valence-corrected chi connectivity index (χ1v) is 11.3. The predicted octanol–water partition coefficient (Wildman–Crippen LogP) is 3.39. The molecule has 1 aliphatic rings. The summed E-state index contributed by atoms with van der Waals surface area (Å²) in [6, 6.07) is 10.2. The van der Waals surface area contributed by atoms with E-state index >= 15 is 0 Å². The number of piperidine rings is 1. The van der Waals surface area contributed by atoms with Crippen molar-refractivity contribution >= 4 is 17.6 Å². The Morgan fingerprint density at radius 3 is 2.32 bits per heavy atom. The minimum absolute atomic E-state index is 0.00255. The SMILES string of the molecule is Cc1ccc(N(C(=O)n2nnn(-c3c(F)cccc3C(=O)N3CCCCC3)c2=O)C(C)C)cc1. The molecule has 0 aliphatic carbocycles. The molecule has 0 N–H and O–H groups in total. The second kappa shape index (κ2) is 9.58. The molecule has 9 nitrogen and oxygen atoms in total. The molecule has 1 fully saturated rings. The van der Waals surface area contributed by atoms with Gasteiger partial charge in [-0.1, -0.05) is 23.8 Å². The van der Waals surface area contributed by atoms with Gasteiger partial charge >= 0.3 is 11.7 Å². The molecular formula is C24H27FN6O3. The molecule has 2 aromatic carbocycles. The maximum Gasteiger partial charge on any atom is 0.377 e. The summed E-state index contributed by atoms with van der Waals surface area (Å²) >= 11 is 0. The topological polar surface area (TPSA) is 93.3 Å². The van der Waals surface area contributed by atoms with Crippen molar-refractivity contribution in [2.24, 2.45) is 0 Å². The Labute approximate surface area is 196 Å². The van der Waals surface area contributed by atoms with Gasteiger partial charge in [-0.25, -0.2) is 14.0 Å². The molecule has 0 radical (unpaired) electrons. The normalized spacial score (nSPS) is 13.9. The quantitative estimate of drug-likeness (QED) is 0.550. The summed E-state index contributed by atoms with van der Waals surface area (Å²) in [5, 5.41) is 7.49. The third-order valence-electron chi connectivity index (χ3n) is 5.87. The minimum Gasteiger partial charge on any atom is -0.339 e. The number of hydrogen-bond acceptors (Lipinski definition) is 5. The number of hydrogen-bond donors (Lipinski definition) is 0. The van der Waals surface area contributed by atoms with Gasteiger partial charge in [-0.2, -0.15) is 4.68 Å². The molecule has 1 aromatic heterocycles. The number of para-hydroxylation sites is 1. The molecule has 3 aromatic rings. The van der Waals surface area contributed by atoms with E-state index in [1.807, 2.05) is 19.1 Å². The number of carbonyl (C=O) groups is 2. The summed E-state index contributed by atoms with van der Waals surface area (Å²) in [6.45, 7) is 6.67. The summed E-state index contributed by atoms with van der Waals surface area (Å²) < 4.78 is 16.2. The van der Waals surface area contributed by atoms with E-state index in [1.54, 1.807) is 30.9 Å². The Morgan fingerprint density at radius 2 is 1.68 bits per heavy atom. The van der Waals surface area contributed by atoms with Gasteiger partial charge < -0.3 is 4.90 Å². The highest BCUT2D eigenvalue weighted by atomic mass is 19.1. The molecule has 0 bridgehead atoms. The molecule has 4 rings (SSSR count). The zero-order valence-corrected chi connectivity index (χ0v) is 19.4. The van der Waals surface area contributed by atoms with Crippen LogP contribution in [0.4, 0.5) is 14.9 Å². The number of tetrazole rings is 1. The average molecular weight is 467 g/mol. The van der Waals surface area contributed by atoms with Crippen LogP contribution in [0, 0.1) is 12.7 Å². The molecule has 34 heavy (non-hydrogen) atoms. The molecule has 2 amide bonds. The zero-order valence-electron chi connectivity index (χ0n) is 19.4. The van der Waals surface area contributed by atoms with Gasteiger partial charge in [-0.15, -0.1) is 4.68 Å². The number of rotatable bonds is 4. The van der Waals surface area contributed by atoms with E-state index in [2.05, 4.69) is 10.4 Å². The summed E-state index contributed by atoms with van der Waals surface area (Å²) in [4.78, 5) is 42.6. The number of nitrogens with zero attached hydrogens (tertiary/aromatic N) is 6. The second-order valence-corrected chi connectivity index (χ2v) is 8.66. The Balaban J connectivity index is 1.74. The van der Waals surface area contributed by atoms with Crippen LogP contribution in [0.1, 0.15) is 49.0 Å². The van der Waals surface area contributed by atoms with Crippen molar-refractivity contribution in [3.63, 3.8) is 0 Å². The van der Waals surface area contributed by atoms with Gasteiger partial charge in [0.25, 0.3) is 5.91 Å². The molecule has 0 saturated carbocycles. The fraction of sp³-hybridized carbons (Fsp3) is 0.375. The largest absolute Gasteiger partial charge is 0.377 e. The summed E-state index contributed by atoms with van der Waals surface area (Å²) in [5.41, 5.74) is 0.337. The highest BCUT2D eigenvalue weighted by molar-refractivity contribution is 5.98. The van der Waals surface area contributed by atoms with Crippen LogP contribution >= 0.6 is 0 Å². The first-order chi connectivity index (χ1) is 16.3. The van der Waals surface area contributed by atoms with E-state index < -0.39 is 17.5 Å². The van der Waals surface area contributed by atoms with Gasteiger partial charge in [0.05, 0.1) is 5.56 Å². The number of carbonyl (C=O) groups excluding carboxylic acids is 2. The fourth-order valence-corrected chi connectivity index (χ4v) is 4.11. The number of aromatic nitrogens is 4. The summed E-state index contributed by atoms with van der Waals surface area (Å²) in [6.07, 6.45) is 2.76. The Morgan fingerprint density at radius 1 is 1.00 bits per heavy atom. The van der Waals surface area contributed by atoms with Gasteiger partial charge in [-0.05, 0) is 74.7 Å². The molecule has 0 unspecified atom stereocenters. The number of halogens is 1. The number of likely N-dealkylation sites (tertiary alicyclic amines) is 1. The lowest BCUT2D eigenvalue weighted by Gasteiger charge is -2.27. The lowest BCUT2D eigenvalue weighted by Crippen LogP contribution is -2.44. The molecule has 178 valence electrons. The van der Waals surface area contributed by atoms with Crippen LogP contribution in [-0.2, 0) is 0 Å². The third kappa shape index (κ3) is 4.35. The molecule has 0 spiro atoms. The van der Waals surface area contributed by atoms with Crippen molar-refractivity contribution in [2.45, 2.75) is 46.1 Å². The molecule has 1 saturated heterocycles. The lowest BCUT2D eigenvalue weighted by atomic mass is 10.1. The fourth-order valence-electron chi connectivity index (χ4n) is 4.11. The van der Waals surface area contributed by atoms with E-state index in [0.29, 0.717) is 28.1 Å². The average Bonchev–Trinajstić information content (AvgIpc) is 3.21. The van der Waals surface area contributed by atoms with Gasteiger partial charge in [-0.3, -0.25) is 9.69 Å². The standard InChI is InChI=1S/C24H27FN6O3/c1-16(2)29(18-12-10-17(3)11-13-18)23(33)31-24(34)30(26-27-31)21-19(8-7-9-20(21)25)22(32)28-14-5-4-6-15-28/h7-13,16H,4-6,14-15H2,1-3H3. The molecule has 2 heterocycles. The lowest BCUT2D eigenvalue weighted by molar-refractivity contribution is 0.0723. The van der Waals surface area contributed by atoms with E-state index in [-0.39, 0.29) is 23.2 Å². The van der Waals surface area contributed by atoms with Crippen LogP contribution in [0.3, 0.4) is 0 Å². The van der Waals surface area contributed by atoms with Crippen LogP contribution in [0.25, 0.3) is 5.69 Å². The number of amides is 2. The highest BCUT2D eigenvalue weighted by Crippen LogP contribution is 2.22. The second-order valence-electron chi connectivity index (χ2n) is 8.66. The smallest absolute Gasteiger partial charge is 0.339 e. The minimum atomic E-state index is -0.958. The van der Waals surface area contributed by atoms with E-state index in [0.717, 1.165) is 30.9 Å². The van der Waals surface area contributed by atoms with E-state index in [4.69, 9.17) is 0 Å². The summed E-state index contributed by atoms with van der Waals surface area (Å²) in [7, 11) is 0. The molecular weight excluding hydrogens is 439 g/mol. The first-order valence-electron chi connectivity index (χ1n) is 11.3. The van der Waals surface area contributed by atoms with Crippen LogP contribution in [0.15, 0.2) is 47.3 Å². The third-order valence-corrected chi connectivity index (χ3v) is 5.87. The van der Waals surface area contributed by atoms with Crippen LogP contribution in [-0.4, -0.2) is 55.8 Å². The summed E-state index contributed by atoms with van der Waals surface area (Å²) in [5.74, 6) is -1.19. The number of benzene rings is 2. The monoisotopic (exact) mass is 466 g/mol. The zero-order chi connectivity index (χ0) is 24.4. The van der Waals surface area contributed by atoms with Crippen molar-refractivity contribution in [1.29, 1.82) is 0 Å². The van der Waals surface area contributed by atoms with Crippen LogP contribution in [0.5, 0.6) is 0 Å². The van der Waals surface area contributed by atoms with Crippen LogP contribution < -0.4 is 10.6 Å². The van der Waals surface area contributed by atoms with Crippen molar-refractivity contribution in [3.8, 4) is 5.69 Å². The molecule has 10 heteroatoms. The van der Waals surface area contributed by atoms with Gasteiger partial charge in [0.2, 0.25) is 0 Å². The maximum absolute atomic E-state index is 14.9. The Bertz CT molecular complexity index is 1260. The van der Waals surface area contributed by atoms with Gasteiger partial charge in [0, 0.05) is 24.8 Å². The predicted molar refractivity (Wildman–Crippen MR) is 125 cm³/mol. The maximum atomic E-state index is 14.9. The van der Waals surface area contributed by atoms with Crippen molar-refractivity contribution in [2.75, 3.05) is 18.0 Å². The first kappa shape index (κ1) is 23.3. The molecule has 1 aliphatic heterocycles. The van der Waals surface area contributed by atoms with Crippen molar-refractivity contribution in [3.05, 3.63) is 69.9 Å².